The maximum Gasteiger partial charge on any atom is 0.127 e. The molecule has 1 nitrogen and oxygen atoms in total. The Balaban J connectivity index is 2.56. The van der Waals surface area contributed by atoms with Gasteiger partial charge in [-0.2, -0.15) is 0 Å². The molecule has 0 spiro atoms. The standard InChI is InChI=1S/C16H25ClFN/c1-4-5-13(11-19-10-12(2)3)8-14-6-7-15(17)9-16(14)18/h6-7,9,12-13,19H,4-5,8,10-11H2,1-3H3. The Labute approximate surface area is 121 Å². The SMILES string of the molecule is CCCC(CNCC(C)C)Cc1ccc(Cl)cc1F. The first kappa shape index (κ1) is 16.5. The second-order valence-electron chi connectivity index (χ2n) is 5.65. The Bertz CT molecular complexity index is 379. The molecular formula is C16H25ClFN. The summed E-state index contributed by atoms with van der Waals surface area (Å²) in [6, 6.07) is 4.98. The molecule has 1 N–H and O–H groups in total. The Morgan fingerprint density at radius 3 is 2.58 bits per heavy atom. The summed E-state index contributed by atoms with van der Waals surface area (Å²) in [5.41, 5.74) is 0.772. The molecule has 19 heavy (non-hydrogen) atoms. The van der Waals surface area contributed by atoms with E-state index in [0.29, 0.717) is 16.9 Å². The lowest BCUT2D eigenvalue weighted by Crippen LogP contribution is -2.27. The van der Waals surface area contributed by atoms with Crippen LogP contribution in [0.1, 0.15) is 39.2 Å². The molecule has 3 heteroatoms. The minimum absolute atomic E-state index is 0.183. The molecule has 0 saturated carbocycles. The molecule has 0 saturated heterocycles. The van der Waals surface area contributed by atoms with Gasteiger partial charge in [0.15, 0.2) is 0 Å². The van der Waals surface area contributed by atoms with Crippen molar-refractivity contribution < 1.29 is 4.39 Å². The van der Waals surface area contributed by atoms with Crippen molar-refractivity contribution >= 4 is 11.6 Å². The number of benzene rings is 1. The third kappa shape index (κ3) is 6.40. The minimum Gasteiger partial charge on any atom is -0.316 e. The summed E-state index contributed by atoms with van der Waals surface area (Å²) in [7, 11) is 0. The number of rotatable bonds is 8. The van der Waals surface area contributed by atoms with Crippen molar-refractivity contribution in [3.05, 3.63) is 34.6 Å². The summed E-state index contributed by atoms with van der Waals surface area (Å²) in [5.74, 6) is 0.950. The second-order valence-corrected chi connectivity index (χ2v) is 6.08. The molecule has 1 atom stereocenters. The van der Waals surface area contributed by atoms with E-state index in [1.54, 1.807) is 6.07 Å². The zero-order valence-electron chi connectivity index (χ0n) is 12.2. The van der Waals surface area contributed by atoms with Crippen LogP contribution in [-0.4, -0.2) is 13.1 Å². The Hall–Kier alpha value is -0.600. The molecule has 1 rings (SSSR count). The highest BCUT2D eigenvalue weighted by Crippen LogP contribution is 2.19. The molecule has 108 valence electrons. The lowest BCUT2D eigenvalue weighted by atomic mass is 9.94. The van der Waals surface area contributed by atoms with E-state index in [1.165, 1.54) is 6.07 Å². The van der Waals surface area contributed by atoms with Gasteiger partial charge in [0.05, 0.1) is 0 Å². The molecule has 0 heterocycles. The summed E-state index contributed by atoms with van der Waals surface area (Å²) >= 11 is 5.78. The maximum atomic E-state index is 13.8. The van der Waals surface area contributed by atoms with Crippen molar-refractivity contribution in [1.82, 2.24) is 5.32 Å². The van der Waals surface area contributed by atoms with E-state index in [0.717, 1.165) is 37.9 Å². The average Bonchev–Trinajstić information content (AvgIpc) is 2.32. The zero-order chi connectivity index (χ0) is 14.3. The van der Waals surface area contributed by atoms with Crippen molar-refractivity contribution in [2.45, 2.75) is 40.0 Å². The zero-order valence-corrected chi connectivity index (χ0v) is 12.9. The lowest BCUT2D eigenvalue weighted by molar-refractivity contribution is 0.415. The van der Waals surface area contributed by atoms with Crippen LogP contribution in [0.2, 0.25) is 5.02 Å². The highest BCUT2D eigenvalue weighted by Gasteiger charge is 2.12. The van der Waals surface area contributed by atoms with Crippen LogP contribution in [0.4, 0.5) is 4.39 Å². The van der Waals surface area contributed by atoms with Crippen molar-refractivity contribution in [1.29, 1.82) is 0 Å². The summed E-state index contributed by atoms with van der Waals surface area (Å²) in [6.07, 6.45) is 3.03. The van der Waals surface area contributed by atoms with Gasteiger partial charge in [-0.15, -0.1) is 0 Å². The molecule has 0 bridgehead atoms. The largest absolute Gasteiger partial charge is 0.316 e. The van der Waals surface area contributed by atoms with Crippen molar-refractivity contribution in [3.8, 4) is 0 Å². The molecule has 0 aromatic heterocycles. The quantitative estimate of drug-likeness (QED) is 0.731. The topological polar surface area (TPSA) is 12.0 Å². The van der Waals surface area contributed by atoms with E-state index in [2.05, 4.69) is 26.1 Å². The number of nitrogens with one attached hydrogen (secondary N) is 1. The third-order valence-corrected chi connectivity index (χ3v) is 3.44. The van der Waals surface area contributed by atoms with Crippen LogP contribution in [0.3, 0.4) is 0 Å². The number of hydrogen-bond donors (Lipinski definition) is 1. The van der Waals surface area contributed by atoms with E-state index in [-0.39, 0.29) is 5.82 Å². The highest BCUT2D eigenvalue weighted by molar-refractivity contribution is 6.30. The van der Waals surface area contributed by atoms with Crippen LogP contribution in [-0.2, 0) is 6.42 Å². The Morgan fingerprint density at radius 2 is 2.00 bits per heavy atom. The monoisotopic (exact) mass is 285 g/mol. The summed E-state index contributed by atoms with van der Waals surface area (Å²) < 4.78 is 13.8. The molecule has 0 amide bonds. The van der Waals surface area contributed by atoms with Crippen molar-refractivity contribution in [2.24, 2.45) is 11.8 Å². The van der Waals surface area contributed by atoms with Gasteiger partial charge in [0, 0.05) is 5.02 Å². The Kier molecular flexibility index (Phi) is 7.40. The average molecular weight is 286 g/mol. The summed E-state index contributed by atoms with van der Waals surface area (Å²) in [5, 5.41) is 3.94. The van der Waals surface area contributed by atoms with Crippen molar-refractivity contribution in [2.75, 3.05) is 13.1 Å². The van der Waals surface area contributed by atoms with Crippen LogP contribution < -0.4 is 5.32 Å². The minimum atomic E-state index is -0.183. The van der Waals surface area contributed by atoms with Gasteiger partial charge in [-0.1, -0.05) is 44.9 Å². The van der Waals surface area contributed by atoms with Crippen LogP contribution in [0, 0.1) is 17.7 Å². The Morgan fingerprint density at radius 1 is 1.26 bits per heavy atom. The molecule has 1 aromatic carbocycles. The molecule has 0 fully saturated rings. The first-order valence-electron chi connectivity index (χ1n) is 7.17. The molecule has 1 aromatic rings. The summed E-state index contributed by atoms with van der Waals surface area (Å²) in [6.45, 7) is 8.53. The first-order chi connectivity index (χ1) is 9.02. The van der Waals surface area contributed by atoms with Gasteiger partial charge in [0.2, 0.25) is 0 Å². The highest BCUT2D eigenvalue weighted by atomic mass is 35.5. The second kappa shape index (κ2) is 8.55. The van der Waals surface area contributed by atoms with E-state index in [1.807, 2.05) is 6.07 Å². The molecule has 0 aliphatic carbocycles. The normalized spacial score (nSPS) is 12.9. The third-order valence-electron chi connectivity index (χ3n) is 3.21. The van der Waals surface area contributed by atoms with Gasteiger partial charge >= 0.3 is 0 Å². The van der Waals surface area contributed by atoms with E-state index < -0.39 is 0 Å². The summed E-state index contributed by atoms with van der Waals surface area (Å²) in [4.78, 5) is 0. The van der Waals surface area contributed by atoms with E-state index >= 15 is 0 Å². The fraction of sp³-hybridized carbons (Fsp3) is 0.625. The molecular weight excluding hydrogens is 261 g/mol. The van der Waals surface area contributed by atoms with E-state index in [9.17, 15) is 4.39 Å². The predicted octanol–water partition coefficient (Wildman–Crippen LogP) is 4.68. The van der Waals surface area contributed by atoms with Crippen LogP contribution in [0.5, 0.6) is 0 Å². The molecule has 0 aliphatic rings. The van der Waals surface area contributed by atoms with Gasteiger partial charge in [0.1, 0.15) is 5.82 Å². The predicted molar refractivity (Wildman–Crippen MR) is 81.2 cm³/mol. The van der Waals surface area contributed by atoms with Crippen LogP contribution in [0.25, 0.3) is 0 Å². The smallest absolute Gasteiger partial charge is 0.127 e. The van der Waals surface area contributed by atoms with E-state index in [4.69, 9.17) is 11.6 Å². The van der Waals surface area contributed by atoms with Gasteiger partial charge in [-0.25, -0.2) is 4.39 Å². The molecule has 0 radical (unpaired) electrons. The lowest BCUT2D eigenvalue weighted by Gasteiger charge is -2.18. The van der Waals surface area contributed by atoms with Gasteiger partial charge < -0.3 is 5.32 Å². The molecule has 0 aliphatic heterocycles. The fourth-order valence-electron chi connectivity index (χ4n) is 2.26. The van der Waals surface area contributed by atoms with Crippen LogP contribution >= 0.6 is 11.6 Å². The maximum absolute atomic E-state index is 13.8. The van der Waals surface area contributed by atoms with Crippen molar-refractivity contribution in [3.63, 3.8) is 0 Å². The molecule has 1 unspecified atom stereocenters. The first-order valence-corrected chi connectivity index (χ1v) is 7.55. The number of halogens is 2. The van der Waals surface area contributed by atoms with Gasteiger partial charge in [-0.3, -0.25) is 0 Å². The van der Waals surface area contributed by atoms with Gasteiger partial charge in [0.25, 0.3) is 0 Å². The number of hydrogen-bond acceptors (Lipinski definition) is 1. The van der Waals surface area contributed by atoms with Gasteiger partial charge in [-0.05, 0) is 55.5 Å². The fourth-order valence-corrected chi connectivity index (χ4v) is 2.42. The van der Waals surface area contributed by atoms with Crippen LogP contribution in [0.15, 0.2) is 18.2 Å².